The molecule has 0 aliphatic rings. The third-order valence-electron chi connectivity index (χ3n) is 3.06. The standard InChI is InChI=1S/C16H20BrNS2/c1-3-18-13(10-16-15(17)7-8-19-16)11-20-14-6-4-5-12(2)9-14/h4-9,13,18H,3,10-11H2,1-2H3. The van der Waals surface area contributed by atoms with Gasteiger partial charge in [-0.25, -0.2) is 0 Å². The van der Waals surface area contributed by atoms with Crippen LogP contribution in [0.25, 0.3) is 0 Å². The van der Waals surface area contributed by atoms with Gasteiger partial charge in [-0.3, -0.25) is 0 Å². The summed E-state index contributed by atoms with van der Waals surface area (Å²) in [6.45, 7) is 5.34. The lowest BCUT2D eigenvalue weighted by molar-refractivity contribution is 0.575. The number of aryl methyl sites for hydroxylation is 1. The van der Waals surface area contributed by atoms with Gasteiger partial charge in [0.15, 0.2) is 0 Å². The molecule has 0 aliphatic heterocycles. The van der Waals surface area contributed by atoms with Gasteiger partial charge in [0.1, 0.15) is 0 Å². The molecule has 0 spiro atoms. The van der Waals surface area contributed by atoms with Crippen LogP contribution in [0, 0.1) is 6.92 Å². The predicted molar refractivity (Wildman–Crippen MR) is 95.1 cm³/mol. The third kappa shape index (κ3) is 4.92. The molecule has 1 nitrogen and oxygen atoms in total. The normalized spacial score (nSPS) is 12.6. The second-order valence-electron chi connectivity index (χ2n) is 4.78. The molecule has 1 aromatic carbocycles. The number of hydrogen-bond acceptors (Lipinski definition) is 3. The average Bonchev–Trinajstić information content (AvgIpc) is 2.82. The Labute approximate surface area is 138 Å². The van der Waals surface area contributed by atoms with Crippen molar-refractivity contribution in [3.8, 4) is 0 Å². The van der Waals surface area contributed by atoms with Gasteiger partial charge in [-0.15, -0.1) is 23.1 Å². The molecule has 0 saturated carbocycles. The van der Waals surface area contributed by atoms with E-state index in [-0.39, 0.29) is 0 Å². The van der Waals surface area contributed by atoms with E-state index in [1.807, 2.05) is 23.1 Å². The van der Waals surface area contributed by atoms with Gasteiger partial charge in [-0.05, 0) is 59.4 Å². The van der Waals surface area contributed by atoms with Gasteiger partial charge in [-0.2, -0.15) is 0 Å². The molecule has 1 aromatic heterocycles. The fourth-order valence-electron chi connectivity index (χ4n) is 2.08. The molecule has 1 N–H and O–H groups in total. The maximum Gasteiger partial charge on any atom is 0.0314 e. The Morgan fingerprint density at radius 1 is 1.35 bits per heavy atom. The highest BCUT2D eigenvalue weighted by atomic mass is 79.9. The fraction of sp³-hybridized carbons (Fsp3) is 0.375. The molecule has 2 rings (SSSR count). The molecule has 1 unspecified atom stereocenters. The maximum absolute atomic E-state index is 3.63. The third-order valence-corrected chi connectivity index (χ3v) is 6.16. The Kier molecular flexibility index (Phi) is 6.62. The van der Waals surface area contributed by atoms with Gasteiger partial charge >= 0.3 is 0 Å². The molecule has 108 valence electrons. The molecule has 0 fully saturated rings. The number of thiophene rings is 1. The van der Waals surface area contributed by atoms with Crippen LogP contribution >= 0.6 is 39.0 Å². The Hall–Kier alpha value is -0.290. The zero-order valence-corrected chi connectivity index (χ0v) is 15.1. The lowest BCUT2D eigenvalue weighted by Crippen LogP contribution is -2.33. The van der Waals surface area contributed by atoms with Crippen LogP contribution < -0.4 is 5.32 Å². The first kappa shape index (κ1) is 16.1. The van der Waals surface area contributed by atoms with Gasteiger partial charge in [0, 0.05) is 26.0 Å². The topological polar surface area (TPSA) is 12.0 Å². The fourth-order valence-corrected chi connectivity index (χ4v) is 4.74. The molecule has 20 heavy (non-hydrogen) atoms. The molecule has 2 aromatic rings. The lowest BCUT2D eigenvalue weighted by atomic mass is 10.2. The van der Waals surface area contributed by atoms with Crippen LogP contribution in [-0.4, -0.2) is 18.3 Å². The van der Waals surface area contributed by atoms with E-state index in [9.17, 15) is 0 Å². The highest BCUT2D eigenvalue weighted by Crippen LogP contribution is 2.26. The van der Waals surface area contributed by atoms with Gasteiger partial charge < -0.3 is 5.32 Å². The van der Waals surface area contributed by atoms with Crippen molar-refractivity contribution in [3.05, 3.63) is 50.6 Å². The largest absolute Gasteiger partial charge is 0.313 e. The number of thioether (sulfide) groups is 1. The summed E-state index contributed by atoms with van der Waals surface area (Å²) in [5, 5.41) is 5.75. The number of rotatable bonds is 7. The zero-order valence-electron chi connectivity index (χ0n) is 11.9. The number of hydrogen-bond donors (Lipinski definition) is 1. The Bertz CT molecular complexity index is 539. The second-order valence-corrected chi connectivity index (χ2v) is 7.73. The van der Waals surface area contributed by atoms with Crippen molar-refractivity contribution in [2.75, 3.05) is 12.3 Å². The smallest absolute Gasteiger partial charge is 0.0314 e. The Morgan fingerprint density at radius 2 is 2.20 bits per heavy atom. The minimum absolute atomic E-state index is 0.514. The summed E-state index contributed by atoms with van der Waals surface area (Å²) in [4.78, 5) is 2.79. The zero-order chi connectivity index (χ0) is 14.4. The van der Waals surface area contributed by atoms with E-state index < -0.39 is 0 Å². The molecule has 1 atom stereocenters. The van der Waals surface area contributed by atoms with Crippen LogP contribution in [0.2, 0.25) is 0 Å². The van der Waals surface area contributed by atoms with Crippen molar-refractivity contribution >= 4 is 39.0 Å². The van der Waals surface area contributed by atoms with E-state index in [1.54, 1.807) is 0 Å². The molecule has 0 aliphatic carbocycles. The number of halogens is 1. The van der Waals surface area contributed by atoms with E-state index >= 15 is 0 Å². The number of benzene rings is 1. The summed E-state index contributed by atoms with van der Waals surface area (Å²) in [5.74, 6) is 1.10. The minimum atomic E-state index is 0.514. The first-order chi connectivity index (χ1) is 9.69. The molecular formula is C16H20BrNS2. The number of likely N-dealkylation sites (N-methyl/N-ethyl adjacent to an activating group) is 1. The van der Waals surface area contributed by atoms with Crippen LogP contribution in [0.1, 0.15) is 17.4 Å². The molecular weight excluding hydrogens is 350 g/mol. The monoisotopic (exact) mass is 369 g/mol. The van der Waals surface area contributed by atoms with Crippen LogP contribution in [0.15, 0.2) is 45.1 Å². The van der Waals surface area contributed by atoms with Crippen LogP contribution in [0.3, 0.4) is 0 Å². The Balaban J connectivity index is 1.94. The SMILES string of the molecule is CCNC(CSc1cccc(C)c1)Cc1sccc1Br. The van der Waals surface area contributed by atoms with Gasteiger partial charge in [-0.1, -0.05) is 24.6 Å². The molecule has 1 heterocycles. The summed E-state index contributed by atoms with van der Waals surface area (Å²) < 4.78 is 1.24. The first-order valence-corrected chi connectivity index (χ1v) is 9.49. The summed E-state index contributed by atoms with van der Waals surface area (Å²) >= 11 is 7.40. The van der Waals surface area contributed by atoms with Crippen molar-refractivity contribution in [1.29, 1.82) is 0 Å². The predicted octanol–water partition coefficient (Wildman–Crippen LogP) is 5.13. The quantitative estimate of drug-likeness (QED) is 0.678. The Morgan fingerprint density at radius 3 is 2.85 bits per heavy atom. The summed E-state index contributed by atoms with van der Waals surface area (Å²) in [6, 6.07) is 11.4. The van der Waals surface area contributed by atoms with Gasteiger partial charge in [0.2, 0.25) is 0 Å². The van der Waals surface area contributed by atoms with Crippen LogP contribution in [0.5, 0.6) is 0 Å². The molecule has 0 radical (unpaired) electrons. The van der Waals surface area contributed by atoms with Crippen molar-refractivity contribution in [1.82, 2.24) is 5.32 Å². The number of nitrogens with one attached hydrogen (secondary N) is 1. The van der Waals surface area contributed by atoms with Crippen molar-refractivity contribution in [3.63, 3.8) is 0 Å². The molecule has 4 heteroatoms. The first-order valence-electron chi connectivity index (χ1n) is 6.83. The molecule has 0 saturated heterocycles. The van der Waals surface area contributed by atoms with Crippen molar-refractivity contribution < 1.29 is 0 Å². The van der Waals surface area contributed by atoms with Gasteiger partial charge in [0.25, 0.3) is 0 Å². The lowest BCUT2D eigenvalue weighted by Gasteiger charge is -2.17. The highest BCUT2D eigenvalue weighted by Gasteiger charge is 2.12. The highest BCUT2D eigenvalue weighted by molar-refractivity contribution is 9.10. The van der Waals surface area contributed by atoms with Crippen molar-refractivity contribution in [2.24, 2.45) is 0 Å². The van der Waals surface area contributed by atoms with Gasteiger partial charge in [0.05, 0.1) is 0 Å². The second kappa shape index (κ2) is 8.23. The minimum Gasteiger partial charge on any atom is -0.313 e. The van der Waals surface area contributed by atoms with Crippen LogP contribution in [-0.2, 0) is 6.42 Å². The van der Waals surface area contributed by atoms with E-state index in [1.165, 1.54) is 19.8 Å². The summed E-state index contributed by atoms with van der Waals surface area (Å²) in [6.07, 6.45) is 1.09. The average molecular weight is 370 g/mol. The molecule has 0 amide bonds. The van der Waals surface area contributed by atoms with Crippen molar-refractivity contribution in [2.45, 2.75) is 31.2 Å². The van der Waals surface area contributed by atoms with E-state index in [4.69, 9.17) is 0 Å². The summed E-state index contributed by atoms with van der Waals surface area (Å²) in [7, 11) is 0. The molecule has 0 bridgehead atoms. The maximum atomic E-state index is 3.63. The van der Waals surface area contributed by atoms with E-state index in [0.29, 0.717) is 6.04 Å². The van der Waals surface area contributed by atoms with E-state index in [0.717, 1.165) is 18.7 Å². The van der Waals surface area contributed by atoms with Crippen LogP contribution in [0.4, 0.5) is 0 Å². The van der Waals surface area contributed by atoms with E-state index in [2.05, 4.69) is 70.8 Å². The summed E-state index contributed by atoms with van der Waals surface area (Å²) in [5.41, 5.74) is 1.33.